The summed E-state index contributed by atoms with van der Waals surface area (Å²) in [5.74, 6) is -0.183. The lowest BCUT2D eigenvalue weighted by Crippen LogP contribution is -1.98. The van der Waals surface area contributed by atoms with Crippen LogP contribution in [-0.2, 0) is 11.2 Å². The molecule has 2 rings (SSSR count). The van der Waals surface area contributed by atoms with Gasteiger partial charge < -0.3 is 10.1 Å². The van der Waals surface area contributed by atoms with Gasteiger partial charge in [-0.15, -0.1) is 11.3 Å². The van der Waals surface area contributed by atoms with Gasteiger partial charge in [-0.2, -0.15) is 0 Å². The molecule has 2 aromatic rings. The topological polar surface area (TPSA) is 66.0 Å². The molecule has 0 saturated carbocycles. The van der Waals surface area contributed by atoms with Crippen molar-refractivity contribution in [1.29, 1.82) is 0 Å². The van der Waals surface area contributed by atoms with Crippen LogP contribution < -0.4 is 0 Å². The number of aromatic amines is 1. The Labute approximate surface area is 115 Å². The lowest BCUT2D eigenvalue weighted by molar-refractivity contribution is -0.137. The molecular formula is C10H8BrClN2O2S. The average molecular weight is 336 g/mol. The third-order valence-corrected chi connectivity index (χ3v) is 3.90. The Hall–Kier alpha value is -0.850. The van der Waals surface area contributed by atoms with Gasteiger partial charge in [0.05, 0.1) is 15.6 Å². The predicted octanol–water partition coefficient (Wildman–Crippen LogP) is 3.57. The summed E-state index contributed by atoms with van der Waals surface area (Å²) in [5, 5.41) is 8.60. The smallest absolute Gasteiger partial charge is 0.303 e. The maximum atomic E-state index is 10.5. The first-order valence-corrected chi connectivity index (χ1v) is 6.77. The number of carbonyl (C=O) groups is 1. The zero-order valence-electron chi connectivity index (χ0n) is 8.54. The van der Waals surface area contributed by atoms with E-state index in [1.54, 1.807) is 6.07 Å². The minimum Gasteiger partial charge on any atom is -0.481 e. The maximum Gasteiger partial charge on any atom is 0.303 e. The first-order chi connectivity index (χ1) is 8.06. The highest BCUT2D eigenvalue weighted by Crippen LogP contribution is 2.34. The fourth-order valence-electron chi connectivity index (χ4n) is 1.35. The van der Waals surface area contributed by atoms with Crippen molar-refractivity contribution in [1.82, 2.24) is 9.97 Å². The second kappa shape index (κ2) is 5.20. The number of hydrogen-bond donors (Lipinski definition) is 2. The number of nitrogens with one attached hydrogen (secondary N) is 1. The summed E-state index contributed by atoms with van der Waals surface area (Å²) in [6.07, 6.45) is 0.442. The van der Waals surface area contributed by atoms with Crippen molar-refractivity contribution < 1.29 is 9.90 Å². The van der Waals surface area contributed by atoms with Gasteiger partial charge in [-0.3, -0.25) is 4.79 Å². The SMILES string of the molecule is O=C(O)CCc1nc(-c2ccc(Cl)s2)c(Br)[nH]1. The maximum absolute atomic E-state index is 10.5. The molecule has 0 fully saturated rings. The Morgan fingerprint density at radius 2 is 2.35 bits per heavy atom. The van der Waals surface area contributed by atoms with Crippen molar-refractivity contribution in [2.75, 3.05) is 0 Å². The van der Waals surface area contributed by atoms with Crippen LogP contribution in [0.25, 0.3) is 10.6 Å². The zero-order valence-corrected chi connectivity index (χ0v) is 11.7. The van der Waals surface area contributed by atoms with Gasteiger partial charge in [0.15, 0.2) is 0 Å². The highest BCUT2D eigenvalue weighted by atomic mass is 79.9. The summed E-state index contributed by atoms with van der Waals surface area (Å²) < 4.78 is 1.44. The predicted molar refractivity (Wildman–Crippen MR) is 70.6 cm³/mol. The molecule has 0 atom stereocenters. The lowest BCUT2D eigenvalue weighted by atomic mass is 10.3. The molecule has 0 bridgehead atoms. The van der Waals surface area contributed by atoms with Gasteiger partial charge in [0.2, 0.25) is 0 Å². The molecule has 2 N–H and O–H groups in total. The number of aliphatic carboxylic acids is 1. The molecule has 0 unspecified atom stereocenters. The summed E-state index contributed by atoms with van der Waals surface area (Å²) >= 11 is 10.7. The van der Waals surface area contributed by atoms with Crippen molar-refractivity contribution >= 4 is 44.8 Å². The number of nitrogens with zero attached hydrogens (tertiary/aromatic N) is 1. The number of H-pyrrole nitrogens is 1. The minimum absolute atomic E-state index is 0.0601. The summed E-state index contributed by atoms with van der Waals surface area (Å²) in [6, 6.07) is 3.69. The highest BCUT2D eigenvalue weighted by molar-refractivity contribution is 9.10. The number of halogens is 2. The van der Waals surface area contributed by atoms with Crippen molar-refractivity contribution in [2.45, 2.75) is 12.8 Å². The molecule has 0 aliphatic rings. The second-order valence-electron chi connectivity index (χ2n) is 3.34. The Kier molecular flexibility index (Phi) is 3.86. The summed E-state index contributed by atoms with van der Waals surface area (Å²) in [6.45, 7) is 0. The molecule has 0 aliphatic heterocycles. The molecular weight excluding hydrogens is 328 g/mol. The molecule has 4 nitrogen and oxygen atoms in total. The first-order valence-electron chi connectivity index (χ1n) is 4.78. The average Bonchev–Trinajstić information content (AvgIpc) is 2.82. The highest BCUT2D eigenvalue weighted by Gasteiger charge is 2.12. The lowest BCUT2D eigenvalue weighted by Gasteiger charge is -1.91. The molecule has 2 heterocycles. The third-order valence-electron chi connectivity index (χ3n) is 2.09. The quantitative estimate of drug-likeness (QED) is 0.897. The monoisotopic (exact) mass is 334 g/mol. The fourth-order valence-corrected chi connectivity index (χ4v) is 3.05. The van der Waals surface area contributed by atoms with Crippen LogP contribution >= 0.6 is 38.9 Å². The van der Waals surface area contributed by atoms with E-state index in [1.165, 1.54) is 11.3 Å². The Morgan fingerprint density at radius 3 is 2.94 bits per heavy atom. The van der Waals surface area contributed by atoms with Crippen LogP contribution in [0, 0.1) is 0 Å². The van der Waals surface area contributed by atoms with Crippen LogP contribution in [-0.4, -0.2) is 21.0 Å². The molecule has 0 amide bonds. The molecule has 7 heteroatoms. The normalized spacial score (nSPS) is 10.7. The number of imidazole rings is 1. The Morgan fingerprint density at radius 1 is 1.59 bits per heavy atom. The largest absolute Gasteiger partial charge is 0.481 e. The van der Waals surface area contributed by atoms with E-state index in [0.29, 0.717) is 16.6 Å². The molecule has 0 aliphatic carbocycles. The van der Waals surface area contributed by atoms with Crippen molar-refractivity contribution in [2.24, 2.45) is 0 Å². The van der Waals surface area contributed by atoms with E-state index in [4.69, 9.17) is 16.7 Å². The van der Waals surface area contributed by atoms with E-state index in [-0.39, 0.29) is 6.42 Å². The standard InChI is InChI=1S/C10H8BrClN2O2S/c11-10-9(5-1-2-6(12)17-5)13-7(14-10)3-4-8(15)16/h1-2H,3-4H2,(H,13,14)(H,15,16). The number of hydrogen-bond acceptors (Lipinski definition) is 3. The minimum atomic E-state index is -0.835. The summed E-state index contributed by atoms with van der Waals surface area (Å²) in [5.41, 5.74) is 0.766. The van der Waals surface area contributed by atoms with E-state index < -0.39 is 5.97 Å². The molecule has 2 aromatic heterocycles. The van der Waals surface area contributed by atoms with Crippen LogP contribution in [0.3, 0.4) is 0 Å². The van der Waals surface area contributed by atoms with Crippen LogP contribution in [0.4, 0.5) is 0 Å². The Balaban J connectivity index is 2.21. The number of carboxylic acids is 1. The van der Waals surface area contributed by atoms with Gasteiger partial charge in [-0.25, -0.2) is 4.98 Å². The molecule has 90 valence electrons. The molecule has 0 saturated heterocycles. The van der Waals surface area contributed by atoms with Gasteiger partial charge in [-0.1, -0.05) is 11.6 Å². The van der Waals surface area contributed by atoms with E-state index in [9.17, 15) is 4.79 Å². The van der Waals surface area contributed by atoms with Crippen molar-refractivity contribution in [3.05, 3.63) is 26.9 Å². The Bertz CT molecular complexity index is 552. The molecule has 17 heavy (non-hydrogen) atoms. The number of thiophene rings is 1. The first kappa shape index (κ1) is 12.6. The number of carboxylic acid groups (broad SMARTS) is 1. The molecule has 0 spiro atoms. The second-order valence-corrected chi connectivity index (χ2v) is 5.85. The van der Waals surface area contributed by atoms with E-state index in [0.717, 1.165) is 15.2 Å². The van der Waals surface area contributed by atoms with Crippen LogP contribution in [0.2, 0.25) is 4.34 Å². The van der Waals surface area contributed by atoms with Gasteiger partial charge in [0.25, 0.3) is 0 Å². The number of rotatable bonds is 4. The third kappa shape index (κ3) is 3.08. The van der Waals surface area contributed by atoms with Crippen LogP contribution in [0.1, 0.15) is 12.2 Å². The van der Waals surface area contributed by atoms with E-state index in [1.807, 2.05) is 6.07 Å². The van der Waals surface area contributed by atoms with Gasteiger partial charge >= 0.3 is 5.97 Å². The summed E-state index contributed by atoms with van der Waals surface area (Å²) in [4.78, 5) is 18.8. The van der Waals surface area contributed by atoms with Crippen LogP contribution in [0.5, 0.6) is 0 Å². The fraction of sp³-hybridized carbons (Fsp3) is 0.200. The van der Waals surface area contributed by atoms with E-state index in [2.05, 4.69) is 25.9 Å². The van der Waals surface area contributed by atoms with Gasteiger partial charge in [-0.05, 0) is 28.1 Å². The molecule has 0 aromatic carbocycles. The van der Waals surface area contributed by atoms with Crippen LogP contribution in [0.15, 0.2) is 16.7 Å². The zero-order chi connectivity index (χ0) is 12.4. The van der Waals surface area contributed by atoms with Crippen molar-refractivity contribution in [3.63, 3.8) is 0 Å². The van der Waals surface area contributed by atoms with Gasteiger partial charge in [0.1, 0.15) is 16.1 Å². The number of aromatic nitrogens is 2. The molecule has 0 radical (unpaired) electrons. The van der Waals surface area contributed by atoms with E-state index >= 15 is 0 Å². The van der Waals surface area contributed by atoms with Gasteiger partial charge in [0, 0.05) is 6.42 Å². The van der Waals surface area contributed by atoms with Crippen molar-refractivity contribution in [3.8, 4) is 10.6 Å². The number of aryl methyl sites for hydroxylation is 1. The summed E-state index contributed by atoms with van der Waals surface area (Å²) in [7, 11) is 0.